The second-order valence-corrected chi connectivity index (χ2v) is 13.1. The Morgan fingerprint density at radius 2 is 1.69 bits per heavy atom. The van der Waals surface area contributed by atoms with Crippen LogP contribution in [0.25, 0.3) is 0 Å². The van der Waals surface area contributed by atoms with Gasteiger partial charge in [-0.15, -0.1) is 0 Å². The molecule has 0 saturated heterocycles. The van der Waals surface area contributed by atoms with E-state index in [1.54, 1.807) is 0 Å². The molecular formula is C25H44O6S. The molecule has 3 N–H and O–H groups in total. The molecule has 0 radical (unpaired) electrons. The first kappa shape index (κ1) is 24.9. The molecule has 6 nitrogen and oxygen atoms in total. The monoisotopic (exact) mass is 472 g/mol. The van der Waals surface area contributed by atoms with Gasteiger partial charge in [-0.05, 0) is 123 Å². The average molecular weight is 473 g/mol. The minimum Gasteiger partial charge on any atom is -0.396 e. The fourth-order valence-electron chi connectivity index (χ4n) is 9.27. The molecule has 186 valence electrons. The maximum absolute atomic E-state index is 10.9. The number of hydrogen-bond acceptors (Lipinski definition) is 5. The number of aliphatic hydroxyl groups is 2. The van der Waals surface area contributed by atoms with Crippen LogP contribution in [-0.4, -0.2) is 42.5 Å². The lowest BCUT2D eigenvalue weighted by Crippen LogP contribution is -2.54. The Hall–Kier alpha value is -0.210. The van der Waals surface area contributed by atoms with Crippen LogP contribution in [0.5, 0.6) is 0 Å². The van der Waals surface area contributed by atoms with E-state index < -0.39 is 10.4 Å². The number of rotatable bonds is 8. The minimum absolute atomic E-state index is 0.00389. The summed E-state index contributed by atoms with van der Waals surface area (Å²) >= 11 is 0. The largest absolute Gasteiger partial charge is 0.397 e. The minimum atomic E-state index is -4.38. The molecular weight excluding hydrogens is 428 g/mol. The number of aliphatic hydroxyl groups excluding tert-OH is 2. The zero-order valence-corrected chi connectivity index (χ0v) is 20.7. The Morgan fingerprint density at radius 3 is 2.41 bits per heavy atom. The van der Waals surface area contributed by atoms with Gasteiger partial charge in [0.05, 0.1) is 12.7 Å². The summed E-state index contributed by atoms with van der Waals surface area (Å²) in [6.45, 7) is 5.20. The molecule has 0 amide bonds. The Morgan fingerprint density at radius 1 is 0.969 bits per heavy atom. The van der Waals surface area contributed by atoms with Crippen LogP contribution in [0.2, 0.25) is 0 Å². The number of hydrogen-bond donors (Lipinski definition) is 3. The Kier molecular flexibility index (Phi) is 7.35. The fourth-order valence-corrected chi connectivity index (χ4v) is 9.60. The highest BCUT2D eigenvalue weighted by atomic mass is 32.3. The summed E-state index contributed by atoms with van der Waals surface area (Å²) in [5.74, 6) is 3.92. The van der Waals surface area contributed by atoms with Crippen LogP contribution in [0.4, 0.5) is 0 Å². The average Bonchev–Trinajstić information content (AvgIpc) is 3.07. The molecule has 0 spiro atoms. The van der Waals surface area contributed by atoms with E-state index in [0.29, 0.717) is 35.0 Å². The van der Waals surface area contributed by atoms with Gasteiger partial charge < -0.3 is 10.2 Å². The lowest BCUT2D eigenvalue weighted by atomic mass is 9.44. The molecule has 4 aliphatic carbocycles. The topological polar surface area (TPSA) is 104 Å². The molecule has 0 aromatic heterocycles. The molecule has 4 rings (SSSR count). The Balaban J connectivity index is 1.45. The van der Waals surface area contributed by atoms with Gasteiger partial charge in [-0.3, -0.25) is 4.55 Å². The van der Waals surface area contributed by atoms with E-state index in [1.807, 2.05) is 0 Å². The molecule has 32 heavy (non-hydrogen) atoms. The molecule has 0 aromatic carbocycles. The summed E-state index contributed by atoms with van der Waals surface area (Å²) in [7, 11) is -4.38. The second kappa shape index (κ2) is 9.44. The van der Waals surface area contributed by atoms with Crippen LogP contribution >= 0.6 is 0 Å². The molecule has 0 aliphatic heterocycles. The summed E-state index contributed by atoms with van der Waals surface area (Å²) < 4.78 is 35.1. The van der Waals surface area contributed by atoms with Gasteiger partial charge in [0.15, 0.2) is 0 Å². The van der Waals surface area contributed by atoms with Crippen LogP contribution in [0.1, 0.15) is 90.9 Å². The van der Waals surface area contributed by atoms with Crippen molar-refractivity contribution in [1.29, 1.82) is 0 Å². The van der Waals surface area contributed by atoms with E-state index in [1.165, 1.54) is 44.9 Å². The Bertz CT molecular complexity index is 756. The summed E-state index contributed by atoms with van der Waals surface area (Å²) in [5.41, 5.74) is 0.682. The van der Waals surface area contributed by atoms with Crippen molar-refractivity contribution in [2.45, 2.75) is 97.0 Å². The third-order valence-corrected chi connectivity index (χ3v) is 11.2. The first-order valence-corrected chi connectivity index (χ1v) is 14.4. The first-order valence-electron chi connectivity index (χ1n) is 13.0. The molecule has 4 aliphatic rings. The lowest BCUT2D eigenvalue weighted by Gasteiger charge is -2.61. The summed E-state index contributed by atoms with van der Waals surface area (Å²) in [6.07, 6.45) is 12.8. The maximum Gasteiger partial charge on any atom is 0.397 e. The van der Waals surface area contributed by atoms with E-state index in [4.69, 9.17) is 4.55 Å². The number of fused-ring (bicyclic) bond motifs is 5. The molecule has 0 heterocycles. The van der Waals surface area contributed by atoms with Crippen LogP contribution in [0, 0.1) is 46.3 Å². The third-order valence-electron chi connectivity index (χ3n) is 10.7. The zero-order valence-electron chi connectivity index (χ0n) is 19.9. The summed E-state index contributed by atoms with van der Waals surface area (Å²) in [5, 5.41) is 20.0. The van der Waals surface area contributed by atoms with Gasteiger partial charge in [-0.2, -0.15) is 8.42 Å². The predicted octanol–water partition coefficient (Wildman–Crippen LogP) is 4.60. The lowest BCUT2D eigenvalue weighted by molar-refractivity contribution is -0.130. The van der Waals surface area contributed by atoms with Crippen molar-refractivity contribution in [1.82, 2.24) is 0 Å². The van der Waals surface area contributed by atoms with Gasteiger partial charge in [0.2, 0.25) is 0 Å². The summed E-state index contributed by atoms with van der Waals surface area (Å²) in [4.78, 5) is 0. The van der Waals surface area contributed by atoms with Crippen molar-refractivity contribution in [2.75, 3.05) is 13.2 Å². The normalized spacial score (nSPS) is 45.0. The van der Waals surface area contributed by atoms with Gasteiger partial charge in [-0.1, -0.05) is 13.8 Å². The van der Waals surface area contributed by atoms with E-state index in [-0.39, 0.29) is 19.3 Å². The van der Waals surface area contributed by atoms with Crippen LogP contribution in [0.3, 0.4) is 0 Å². The van der Waals surface area contributed by atoms with E-state index in [0.717, 1.165) is 43.4 Å². The van der Waals surface area contributed by atoms with Gasteiger partial charge in [0, 0.05) is 6.61 Å². The van der Waals surface area contributed by atoms with E-state index >= 15 is 0 Å². The van der Waals surface area contributed by atoms with Crippen molar-refractivity contribution < 1.29 is 27.4 Å². The fraction of sp³-hybridized carbons (Fsp3) is 1.00. The van der Waals surface area contributed by atoms with E-state index in [2.05, 4.69) is 18.0 Å². The summed E-state index contributed by atoms with van der Waals surface area (Å²) in [6, 6.07) is 0. The molecule has 9 atom stereocenters. The van der Waals surface area contributed by atoms with Crippen molar-refractivity contribution >= 4 is 10.4 Å². The van der Waals surface area contributed by atoms with Crippen molar-refractivity contribution in [3.05, 3.63) is 0 Å². The van der Waals surface area contributed by atoms with Crippen LogP contribution in [-0.2, 0) is 14.6 Å². The first-order chi connectivity index (χ1) is 15.1. The standard InChI is InChI=1S/C25H44O6S/c1-24-12-9-19(27)16-18(24)5-6-20-22-8-7-21(25(22,2)13-10-23(20)24)17(11-14-26)4-3-15-31-32(28,29)30/h17-23,26-27H,3-16H2,1-2H3,(H,28,29,30)/t17-,18-,19-,20?,21?,22?,23?,24-,25+/m0/s1. The van der Waals surface area contributed by atoms with Crippen LogP contribution < -0.4 is 0 Å². The maximum atomic E-state index is 10.9. The highest BCUT2D eigenvalue weighted by molar-refractivity contribution is 7.80. The smallest absolute Gasteiger partial charge is 0.396 e. The SMILES string of the molecule is C[C@]12CCC3C(CC[C@H]4C[C@@H](O)CC[C@]34C)C1CCC2[C@H](CCO)CCCOS(=O)(=O)O. The molecule has 0 aromatic rings. The van der Waals surface area contributed by atoms with Crippen LogP contribution in [0.15, 0.2) is 0 Å². The zero-order chi connectivity index (χ0) is 23.1. The third kappa shape index (κ3) is 4.66. The molecule has 0 bridgehead atoms. The van der Waals surface area contributed by atoms with Gasteiger partial charge >= 0.3 is 10.4 Å². The van der Waals surface area contributed by atoms with Crippen molar-refractivity contribution in [3.63, 3.8) is 0 Å². The molecule has 4 saturated carbocycles. The predicted molar refractivity (Wildman–Crippen MR) is 123 cm³/mol. The molecule has 7 heteroatoms. The molecule has 4 unspecified atom stereocenters. The van der Waals surface area contributed by atoms with Gasteiger partial charge in [0.25, 0.3) is 0 Å². The van der Waals surface area contributed by atoms with Crippen molar-refractivity contribution in [2.24, 2.45) is 46.3 Å². The van der Waals surface area contributed by atoms with Gasteiger partial charge in [-0.25, -0.2) is 4.18 Å². The molecule has 4 fully saturated rings. The quantitative estimate of drug-likeness (QED) is 0.352. The highest BCUT2D eigenvalue weighted by Crippen LogP contribution is 2.68. The highest BCUT2D eigenvalue weighted by Gasteiger charge is 2.60. The van der Waals surface area contributed by atoms with E-state index in [9.17, 15) is 18.6 Å². The van der Waals surface area contributed by atoms with Crippen molar-refractivity contribution in [3.8, 4) is 0 Å². The van der Waals surface area contributed by atoms with Gasteiger partial charge in [0.1, 0.15) is 0 Å². The second-order valence-electron chi connectivity index (χ2n) is 12.0. The Labute approximate surface area is 194 Å².